The summed E-state index contributed by atoms with van der Waals surface area (Å²) in [5, 5.41) is 3.52. The third-order valence-corrected chi connectivity index (χ3v) is 1.22. The van der Waals surface area contributed by atoms with Gasteiger partial charge in [-0.05, 0) is 13.8 Å². The van der Waals surface area contributed by atoms with Crippen LogP contribution < -0.4 is 5.73 Å². The fourth-order valence-electron chi connectivity index (χ4n) is 0.623. The molecule has 0 saturated heterocycles. The van der Waals surface area contributed by atoms with Crippen LogP contribution in [0.4, 0.5) is 5.69 Å². The van der Waals surface area contributed by atoms with Gasteiger partial charge >= 0.3 is 0 Å². The monoisotopic (exact) mass is 156 g/mol. The van der Waals surface area contributed by atoms with Crippen LogP contribution >= 0.6 is 0 Å². The molecule has 62 valence electrons. The quantitative estimate of drug-likeness (QED) is 0.713. The number of nitrogens with two attached hydrogens (primary N) is 1. The Bertz CT molecular complexity index is 220. The average Bonchev–Trinajstić information content (AvgIpc) is 2.31. The van der Waals surface area contributed by atoms with E-state index in [9.17, 15) is 0 Å². The van der Waals surface area contributed by atoms with Gasteiger partial charge in [-0.25, -0.2) is 0 Å². The fourth-order valence-corrected chi connectivity index (χ4v) is 0.623. The highest BCUT2D eigenvalue weighted by Crippen LogP contribution is 2.11. The van der Waals surface area contributed by atoms with Gasteiger partial charge < -0.3 is 15.0 Å². The van der Waals surface area contributed by atoms with Gasteiger partial charge in [0.1, 0.15) is 6.61 Å². The number of hydrogen-bond donors (Lipinski definition) is 1. The molecule has 2 N–H and O–H groups in total. The first-order chi connectivity index (χ1) is 5.20. The van der Waals surface area contributed by atoms with Crippen LogP contribution in [0.2, 0.25) is 0 Å². The molecular weight excluding hydrogens is 144 g/mol. The number of anilines is 1. The van der Waals surface area contributed by atoms with Crippen molar-refractivity contribution in [1.82, 2.24) is 5.16 Å². The van der Waals surface area contributed by atoms with Gasteiger partial charge in [0.05, 0.1) is 18.0 Å². The standard InChI is InChI=1S/C7H12N2O2/c1-5(2)10-4-7-6(8)3-9-11-7/h3,5H,4,8H2,1-2H3. The highest BCUT2D eigenvalue weighted by molar-refractivity contribution is 5.37. The largest absolute Gasteiger partial charge is 0.394 e. The Morgan fingerprint density at radius 1 is 1.73 bits per heavy atom. The Morgan fingerprint density at radius 3 is 2.91 bits per heavy atom. The zero-order valence-electron chi connectivity index (χ0n) is 6.70. The van der Waals surface area contributed by atoms with Crippen molar-refractivity contribution < 1.29 is 9.26 Å². The Hall–Kier alpha value is -1.03. The van der Waals surface area contributed by atoms with E-state index in [4.69, 9.17) is 15.0 Å². The van der Waals surface area contributed by atoms with Crippen LogP contribution in [-0.2, 0) is 11.3 Å². The van der Waals surface area contributed by atoms with E-state index in [0.717, 1.165) is 0 Å². The van der Waals surface area contributed by atoms with Crippen molar-refractivity contribution >= 4 is 5.69 Å². The Labute approximate surface area is 65.3 Å². The maximum Gasteiger partial charge on any atom is 0.185 e. The van der Waals surface area contributed by atoms with Crippen molar-refractivity contribution in [2.24, 2.45) is 0 Å². The number of hydrogen-bond acceptors (Lipinski definition) is 4. The van der Waals surface area contributed by atoms with Crippen molar-refractivity contribution in [1.29, 1.82) is 0 Å². The molecule has 1 aromatic heterocycles. The second-order valence-corrected chi connectivity index (χ2v) is 2.56. The molecule has 0 bridgehead atoms. The summed E-state index contributed by atoms with van der Waals surface area (Å²) in [6.07, 6.45) is 1.65. The van der Waals surface area contributed by atoms with E-state index in [-0.39, 0.29) is 6.10 Å². The maximum atomic E-state index is 5.49. The lowest BCUT2D eigenvalue weighted by atomic mass is 10.4. The van der Waals surface area contributed by atoms with Crippen LogP contribution in [0.25, 0.3) is 0 Å². The molecule has 0 radical (unpaired) electrons. The fraction of sp³-hybridized carbons (Fsp3) is 0.571. The van der Waals surface area contributed by atoms with E-state index in [1.807, 2.05) is 13.8 Å². The molecule has 0 atom stereocenters. The summed E-state index contributed by atoms with van der Waals surface area (Å²) in [4.78, 5) is 0. The molecule has 0 aliphatic carbocycles. The van der Waals surface area contributed by atoms with Gasteiger partial charge in [-0.1, -0.05) is 5.16 Å². The molecule has 1 aromatic rings. The topological polar surface area (TPSA) is 61.3 Å². The lowest BCUT2D eigenvalue weighted by Crippen LogP contribution is -2.02. The van der Waals surface area contributed by atoms with Crippen molar-refractivity contribution in [3.05, 3.63) is 12.0 Å². The molecule has 0 spiro atoms. The molecule has 4 nitrogen and oxygen atoms in total. The van der Waals surface area contributed by atoms with Crippen molar-refractivity contribution in [3.63, 3.8) is 0 Å². The molecule has 0 aliphatic heterocycles. The summed E-state index contributed by atoms with van der Waals surface area (Å²) in [6.45, 7) is 4.29. The second kappa shape index (κ2) is 3.39. The normalized spacial score (nSPS) is 10.8. The van der Waals surface area contributed by atoms with Crippen LogP contribution in [-0.4, -0.2) is 11.3 Å². The minimum atomic E-state index is 0.180. The molecule has 4 heteroatoms. The van der Waals surface area contributed by atoms with Crippen LogP contribution in [0.1, 0.15) is 19.6 Å². The zero-order chi connectivity index (χ0) is 8.27. The summed E-state index contributed by atoms with van der Waals surface area (Å²) in [6, 6.07) is 0. The van der Waals surface area contributed by atoms with Gasteiger partial charge in [0.25, 0.3) is 0 Å². The smallest absolute Gasteiger partial charge is 0.185 e. The predicted molar refractivity (Wildman–Crippen MR) is 40.8 cm³/mol. The van der Waals surface area contributed by atoms with Crippen LogP contribution in [0.5, 0.6) is 0 Å². The predicted octanol–water partition coefficient (Wildman–Crippen LogP) is 1.18. The van der Waals surface area contributed by atoms with E-state index in [1.165, 1.54) is 6.20 Å². The van der Waals surface area contributed by atoms with Gasteiger partial charge in [0, 0.05) is 0 Å². The number of nitrogens with zero attached hydrogens (tertiary/aromatic N) is 1. The highest BCUT2D eigenvalue weighted by Gasteiger charge is 2.04. The van der Waals surface area contributed by atoms with E-state index >= 15 is 0 Å². The lowest BCUT2D eigenvalue weighted by Gasteiger charge is -2.03. The van der Waals surface area contributed by atoms with E-state index in [1.54, 1.807) is 0 Å². The minimum absolute atomic E-state index is 0.180. The van der Waals surface area contributed by atoms with Crippen LogP contribution in [0.15, 0.2) is 10.7 Å². The van der Waals surface area contributed by atoms with E-state index in [0.29, 0.717) is 18.1 Å². The van der Waals surface area contributed by atoms with E-state index in [2.05, 4.69) is 5.16 Å². The summed E-state index contributed by atoms with van der Waals surface area (Å²) < 4.78 is 10.1. The molecule has 0 saturated carbocycles. The third-order valence-electron chi connectivity index (χ3n) is 1.22. The summed E-state index contributed by atoms with van der Waals surface area (Å²) in [7, 11) is 0. The molecule has 0 amide bonds. The minimum Gasteiger partial charge on any atom is -0.394 e. The maximum absolute atomic E-state index is 5.49. The molecule has 0 fully saturated rings. The Balaban J connectivity index is 2.44. The van der Waals surface area contributed by atoms with Crippen molar-refractivity contribution in [2.75, 3.05) is 5.73 Å². The van der Waals surface area contributed by atoms with Crippen LogP contribution in [0, 0.1) is 0 Å². The first-order valence-corrected chi connectivity index (χ1v) is 3.50. The SMILES string of the molecule is CC(C)OCc1oncc1N. The Morgan fingerprint density at radius 2 is 2.45 bits per heavy atom. The molecule has 0 aliphatic rings. The number of nitrogen functional groups attached to an aromatic ring is 1. The number of ether oxygens (including phenoxy) is 1. The first kappa shape index (κ1) is 8.07. The molecular formula is C7H12N2O2. The zero-order valence-corrected chi connectivity index (χ0v) is 6.70. The molecule has 1 rings (SSSR count). The molecule has 11 heavy (non-hydrogen) atoms. The second-order valence-electron chi connectivity index (χ2n) is 2.56. The molecule has 0 unspecified atom stereocenters. The third kappa shape index (κ3) is 2.23. The van der Waals surface area contributed by atoms with Gasteiger partial charge in [0.15, 0.2) is 5.76 Å². The van der Waals surface area contributed by atoms with Crippen molar-refractivity contribution in [3.8, 4) is 0 Å². The summed E-state index contributed by atoms with van der Waals surface area (Å²) in [5.74, 6) is 0.596. The summed E-state index contributed by atoms with van der Waals surface area (Å²) >= 11 is 0. The summed E-state index contributed by atoms with van der Waals surface area (Å²) in [5.41, 5.74) is 6.04. The average molecular weight is 156 g/mol. The highest BCUT2D eigenvalue weighted by atomic mass is 16.5. The Kier molecular flexibility index (Phi) is 2.48. The van der Waals surface area contributed by atoms with Gasteiger partial charge in [-0.3, -0.25) is 0 Å². The van der Waals surface area contributed by atoms with Crippen molar-refractivity contribution in [2.45, 2.75) is 26.6 Å². The van der Waals surface area contributed by atoms with Crippen LogP contribution in [0.3, 0.4) is 0 Å². The number of rotatable bonds is 3. The first-order valence-electron chi connectivity index (χ1n) is 3.50. The van der Waals surface area contributed by atoms with E-state index < -0.39 is 0 Å². The van der Waals surface area contributed by atoms with Gasteiger partial charge in [-0.15, -0.1) is 0 Å². The number of aromatic nitrogens is 1. The lowest BCUT2D eigenvalue weighted by molar-refractivity contribution is 0.0517. The van der Waals surface area contributed by atoms with Gasteiger partial charge in [-0.2, -0.15) is 0 Å². The molecule has 1 heterocycles. The molecule has 0 aromatic carbocycles. The van der Waals surface area contributed by atoms with Gasteiger partial charge in [0.2, 0.25) is 0 Å².